The van der Waals surface area contributed by atoms with Crippen molar-refractivity contribution in [3.63, 3.8) is 0 Å². The van der Waals surface area contributed by atoms with Crippen LogP contribution in [0.25, 0.3) is 0 Å². The first kappa shape index (κ1) is 17.7. The van der Waals surface area contributed by atoms with Gasteiger partial charge >= 0.3 is 0 Å². The lowest BCUT2D eigenvalue weighted by atomic mass is 10.2. The SMILES string of the molecule is N#CCCN(C(=O)CCC(=O)N1CCc2ccccc21)c1ccccc1. The Kier molecular flexibility index (Phi) is 5.65. The fourth-order valence-corrected chi connectivity index (χ4v) is 3.25. The predicted molar refractivity (Wildman–Crippen MR) is 101 cm³/mol. The minimum absolute atomic E-state index is 0.0309. The molecule has 0 fully saturated rings. The van der Waals surface area contributed by atoms with Gasteiger partial charge in [0.2, 0.25) is 11.8 Å². The second kappa shape index (κ2) is 8.30. The molecule has 0 saturated carbocycles. The molecule has 0 saturated heterocycles. The summed E-state index contributed by atoms with van der Waals surface area (Å²) in [6.07, 6.45) is 1.42. The average molecular weight is 347 g/mol. The first-order chi connectivity index (χ1) is 12.7. The van der Waals surface area contributed by atoms with E-state index in [9.17, 15) is 9.59 Å². The molecular formula is C21H21N3O2. The summed E-state index contributed by atoms with van der Waals surface area (Å²) in [6, 6.07) is 19.2. The molecule has 26 heavy (non-hydrogen) atoms. The van der Waals surface area contributed by atoms with Gasteiger partial charge in [0, 0.05) is 37.3 Å². The third-order valence-electron chi connectivity index (χ3n) is 4.56. The number of rotatable bonds is 6. The molecule has 132 valence electrons. The fourth-order valence-electron chi connectivity index (χ4n) is 3.25. The largest absolute Gasteiger partial charge is 0.312 e. The number of anilines is 2. The van der Waals surface area contributed by atoms with Crippen molar-refractivity contribution in [1.29, 1.82) is 5.26 Å². The Morgan fingerprint density at radius 1 is 1.04 bits per heavy atom. The van der Waals surface area contributed by atoms with Crippen LogP contribution in [0.15, 0.2) is 54.6 Å². The molecule has 5 nitrogen and oxygen atoms in total. The second-order valence-corrected chi connectivity index (χ2v) is 6.21. The molecule has 2 aromatic carbocycles. The average Bonchev–Trinajstić information content (AvgIpc) is 3.11. The summed E-state index contributed by atoms with van der Waals surface area (Å²) in [7, 11) is 0. The molecule has 0 bridgehead atoms. The smallest absolute Gasteiger partial charge is 0.227 e. The van der Waals surface area contributed by atoms with E-state index in [1.807, 2.05) is 54.6 Å². The molecule has 0 aromatic heterocycles. The van der Waals surface area contributed by atoms with Gasteiger partial charge < -0.3 is 9.80 Å². The molecule has 1 heterocycles. The van der Waals surface area contributed by atoms with Crippen LogP contribution in [0.3, 0.4) is 0 Å². The van der Waals surface area contributed by atoms with Gasteiger partial charge in [-0.25, -0.2) is 0 Å². The highest BCUT2D eigenvalue weighted by atomic mass is 16.2. The van der Waals surface area contributed by atoms with E-state index in [4.69, 9.17) is 5.26 Å². The topological polar surface area (TPSA) is 64.4 Å². The van der Waals surface area contributed by atoms with E-state index >= 15 is 0 Å². The predicted octanol–water partition coefficient (Wildman–Crippen LogP) is 3.30. The summed E-state index contributed by atoms with van der Waals surface area (Å²) in [5, 5.41) is 8.85. The number of nitriles is 1. The van der Waals surface area contributed by atoms with Crippen molar-refractivity contribution in [3.8, 4) is 6.07 Å². The number of amides is 2. The minimum Gasteiger partial charge on any atom is -0.312 e. The van der Waals surface area contributed by atoms with Gasteiger partial charge in [-0.15, -0.1) is 0 Å². The molecule has 0 N–H and O–H groups in total. The van der Waals surface area contributed by atoms with Crippen LogP contribution in [0.1, 0.15) is 24.8 Å². The zero-order chi connectivity index (χ0) is 18.4. The summed E-state index contributed by atoms with van der Waals surface area (Å²) in [4.78, 5) is 28.6. The highest BCUT2D eigenvalue weighted by molar-refractivity contribution is 6.00. The van der Waals surface area contributed by atoms with Gasteiger partial charge in [0.25, 0.3) is 0 Å². The summed E-state index contributed by atoms with van der Waals surface area (Å²) < 4.78 is 0. The van der Waals surface area contributed by atoms with Crippen LogP contribution in [-0.4, -0.2) is 24.9 Å². The third kappa shape index (κ3) is 3.92. The lowest BCUT2D eigenvalue weighted by Crippen LogP contribution is -2.34. The van der Waals surface area contributed by atoms with Crippen molar-refractivity contribution in [1.82, 2.24) is 0 Å². The minimum atomic E-state index is -0.132. The van der Waals surface area contributed by atoms with Crippen molar-refractivity contribution in [3.05, 3.63) is 60.2 Å². The number of hydrogen-bond acceptors (Lipinski definition) is 3. The molecule has 5 heteroatoms. The molecular weight excluding hydrogens is 326 g/mol. The number of carbonyl (C=O) groups excluding carboxylic acids is 2. The molecule has 2 amide bonds. The number of benzene rings is 2. The van der Waals surface area contributed by atoms with Crippen LogP contribution >= 0.6 is 0 Å². The zero-order valence-corrected chi connectivity index (χ0v) is 14.6. The number of para-hydroxylation sites is 2. The van der Waals surface area contributed by atoms with E-state index in [-0.39, 0.29) is 31.1 Å². The standard InChI is InChI=1S/C21H21N3O2/c22-14-6-15-23(18-8-2-1-3-9-18)20(25)11-12-21(26)24-16-13-17-7-4-5-10-19(17)24/h1-5,7-10H,6,11-13,15-16H2. The van der Waals surface area contributed by atoms with E-state index in [0.717, 1.165) is 17.8 Å². The van der Waals surface area contributed by atoms with Crippen molar-refractivity contribution >= 4 is 23.2 Å². The number of fused-ring (bicyclic) bond motifs is 1. The van der Waals surface area contributed by atoms with Crippen molar-refractivity contribution < 1.29 is 9.59 Å². The van der Waals surface area contributed by atoms with Crippen molar-refractivity contribution in [2.45, 2.75) is 25.7 Å². The van der Waals surface area contributed by atoms with Gasteiger partial charge in [-0.05, 0) is 30.2 Å². The normalized spacial score (nSPS) is 12.3. The zero-order valence-electron chi connectivity index (χ0n) is 14.6. The summed E-state index contributed by atoms with van der Waals surface area (Å²) in [5.74, 6) is -0.163. The molecule has 3 rings (SSSR count). The van der Waals surface area contributed by atoms with E-state index < -0.39 is 0 Å². The van der Waals surface area contributed by atoms with Gasteiger partial charge in [-0.1, -0.05) is 36.4 Å². The summed E-state index contributed by atoms with van der Waals surface area (Å²) in [6.45, 7) is 1.00. The third-order valence-corrected chi connectivity index (χ3v) is 4.56. The second-order valence-electron chi connectivity index (χ2n) is 6.21. The van der Waals surface area contributed by atoms with Crippen LogP contribution in [-0.2, 0) is 16.0 Å². The van der Waals surface area contributed by atoms with Gasteiger partial charge in [0.15, 0.2) is 0 Å². The van der Waals surface area contributed by atoms with E-state index in [0.29, 0.717) is 13.1 Å². The van der Waals surface area contributed by atoms with Crippen LogP contribution in [0.4, 0.5) is 11.4 Å². The van der Waals surface area contributed by atoms with Crippen molar-refractivity contribution in [2.75, 3.05) is 22.9 Å². The number of nitrogens with zero attached hydrogens (tertiary/aromatic N) is 3. The Morgan fingerprint density at radius 3 is 2.54 bits per heavy atom. The number of hydrogen-bond donors (Lipinski definition) is 0. The first-order valence-electron chi connectivity index (χ1n) is 8.81. The Hall–Kier alpha value is -3.13. The lowest BCUT2D eigenvalue weighted by Gasteiger charge is -2.22. The monoisotopic (exact) mass is 347 g/mol. The molecule has 1 aliphatic rings. The molecule has 2 aromatic rings. The summed E-state index contributed by atoms with van der Waals surface area (Å²) >= 11 is 0. The van der Waals surface area contributed by atoms with E-state index in [1.165, 1.54) is 5.56 Å². The van der Waals surface area contributed by atoms with Crippen LogP contribution in [0.5, 0.6) is 0 Å². The summed E-state index contributed by atoms with van der Waals surface area (Å²) in [5.41, 5.74) is 2.88. The maximum Gasteiger partial charge on any atom is 0.227 e. The van der Waals surface area contributed by atoms with E-state index in [2.05, 4.69) is 6.07 Å². The Balaban J connectivity index is 1.63. The quantitative estimate of drug-likeness (QED) is 0.805. The first-order valence-corrected chi connectivity index (χ1v) is 8.81. The van der Waals surface area contributed by atoms with Gasteiger partial charge in [-0.2, -0.15) is 5.26 Å². The molecule has 0 atom stereocenters. The maximum absolute atomic E-state index is 12.7. The van der Waals surface area contributed by atoms with Crippen LogP contribution < -0.4 is 9.80 Å². The Bertz CT molecular complexity index is 827. The Morgan fingerprint density at radius 2 is 1.77 bits per heavy atom. The Labute approximate surface area is 153 Å². The van der Waals surface area contributed by atoms with Gasteiger partial charge in [-0.3, -0.25) is 9.59 Å². The highest BCUT2D eigenvalue weighted by Gasteiger charge is 2.25. The van der Waals surface area contributed by atoms with Crippen LogP contribution in [0, 0.1) is 11.3 Å². The van der Waals surface area contributed by atoms with Gasteiger partial charge in [0.1, 0.15) is 0 Å². The van der Waals surface area contributed by atoms with Crippen molar-refractivity contribution in [2.24, 2.45) is 0 Å². The molecule has 0 radical (unpaired) electrons. The van der Waals surface area contributed by atoms with Gasteiger partial charge in [0.05, 0.1) is 12.5 Å². The maximum atomic E-state index is 12.7. The lowest BCUT2D eigenvalue weighted by molar-refractivity contribution is -0.123. The van der Waals surface area contributed by atoms with E-state index in [1.54, 1.807) is 9.80 Å². The fraction of sp³-hybridized carbons (Fsp3) is 0.286. The molecule has 1 aliphatic heterocycles. The highest BCUT2D eigenvalue weighted by Crippen LogP contribution is 2.28. The molecule has 0 aliphatic carbocycles. The number of carbonyl (C=O) groups is 2. The molecule has 0 spiro atoms. The molecule has 0 unspecified atom stereocenters. The van der Waals surface area contributed by atoms with Crippen LogP contribution in [0.2, 0.25) is 0 Å².